The number of carbonyl (C=O) groups is 1. The predicted octanol–water partition coefficient (Wildman–Crippen LogP) is 6.97. The third kappa shape index (κ3) is 8.11. The van der Waals surface area contributed by atoms with E-state index in [0.717, 1.165) is 26.4 Å². The Morgan fingerprint density at radius 2 is 1.46 bits per heavy atom. The summed E-state index contributed by atoms with van der Waals surface area (Å²) >= 11 is 0. The average molecular weight is 402 g/mol. The molecule has 0 saturated carbocycles. The average Bonchev–Trinajstić information content (AvgIpc) is 2.66. The fraction of sp³-hybridized carbons (Fsp3) is 0.682. The van der Waals surface area contributed by atoms with Gasteiger partial charge in [-0.1, -0.05) is 64.7 Å². The molecule has 1 unspecified atom stereocenters. The molecule has 1 aromatic carbocycles. The summed E-state index contributed by atoms with van der Waals surface area (Å²) in [6, 6.07) is 0.503. The lowest BCUT2D eigenvalue weighted by molar-refractivity contribution is 0.0312. The zero-order valence-corrected chi connectivity index (χ0v) is 17.3. The van der Waals surface area contributed by atoms with Crippen LogP contribution in [0.25, 0.3) is 0 Å². The second kappa shape index (κ2) is 13.5. The molecule has 0 aliphatic rings. The topological polar surface area (TPSA) is 35.5 Å². The van der Waals surface area contributed by atoms with Crippen LogP contribution in [0.5, 0.6) is 5.75 Å². The van der Waals surface area contributed by atoms with Gasteiger partial charge in [0.1, 0.15) is 5.56 Å². The smallest absolute Gasteiger partial charge is 0.341 e. The van der Waals surface area contributed by atoms with Gasteiger partial charge in [0.05, 0.1) is 13.2 Å². The first-order valence-corrected chi connectivity index (χ1v) is 10.3. The Morgan fingerprint density at radius 1 is 0.929 bits per heavy atom. The van der Waals surface area contributed by atoms with E-state index in [-0.39, 0.29) is 0 Å². The zero-order valence-electron chi connectivity index (χ0n) is 17.3. The van der Waals surface area contributed by atoms with E-state index in [1.54, 1.807) is 6.92 Å². The van der Waals surface area contributed by atoms with Crippen molar-refractivity contribution >= 4 is 5.97 Å². The summed E-state index contributed by atoms with van der Waals surface area (Å²) in [5.41, 5.74) is -0.661. The molecule has 3 nitrogen and oxygen atoms in total. The van der Waals surface area contributed by atoms with Gasteiger partial charge in [-0.15, -0.1) is 0 Å². The molecule has 0 saturated heterocycles. The number of rotatable bonds is 14. The first-order chi connectivity index (χ1) is 13.4. The number of esters is 1. The summed E-state index contributed by atoms with van der Waals surface area (Å²) in [6.45, 7) is 3.92. The Hall–Kier alpha value is -1.72. The second-order valence-electron chi connectivity index (χ2n) is 7.25. The van der Waals surface area contributed by atoms with Crippen LogP contribution in [0, 0.1) is 17.5 Å². The lowest BCUT2D eigenvalue weighted by Crippen LogP contribution is -2.17. The molecule has 1 aromatic rings. The van der Waals surface area contributed by atoms with E-state index in [1.807, 2.05) is 0 Å². The molecule has 1 rings (SSSR count). The zero-order chi connectivity index (χ0) is 20.9. The van der Waals surface area contributed by atoms with Crippen molar-refractivity contribution in [3.05, 3.63) is 29.1 Å². The number of ether oxygens (including phenoxy) is 2. The molecule has 0 N–H and O–H groups in total. The van der Waals surface area contributed by atoms with Gasteiger partial charge in [0.25, 0.3) is 0 Å². The second-order valence-corrected chi connectivity index (χ2v) is 7.25. The van der Waals surface area contributed by atoms with E-state index in [1.165, 1.54) is 44.9 Å². The number of benzene rings is 1. The molecule has 0 fully saturated rings. The Kier molecular flexibility index (Phi) is 11.7. The number of carbonyl (C=O) groups excluding carboxylic acids is 1. The van der Waals surface area contributed by atoms with E-state index in [0.29, 0.717) is 12.5 Å². The Morgan fingerprint density at radius 3 is 2.00 bits per heavy atom. The van der Waals surface area contributed by atoms with Gasteiger partial charge in [-0.25, -0.2) is 13.6 Å². The molecular weight excluding hydrogens is 369 g/mol. The molecule has 0 radical (unpaired) electrons. The van der Waals surface area contributed by atoms with Crippen LogP contribution in [0.4, 0.5) is 13.2 Å². The van der Waals surface area contributed by atoms with E-state index >= 15 is 0 Å². The number of hydrogen-bond donors (Lipinski definition) is 0. The fourth-order valence-electron chi connectivity index (χ4n) is 3.13. The summed E-state index contributed by atoms with van der Waals surface area (Å²) < 4.78 is 50.7. The van der Waals surface area contributed by atoms with Gasteiger partial charge in [0, 0.05) is 0 Å². The van der Waals surface area contributed by atoms with Crippen molar-refractivity contribution in [2.24, 2.45) is 0 Å². The molecule has 1 atom stereocenters. The van der Waals surface area contributed by atoms with Crippen LogP contribution in [0.2, 0.25) is 0 Å². The van der Waals surface area contributed by atoms with Crippen LogP contribution in [0.15, 0.2) is 6.07 Å². The van der Waals surface area contributed by atoms with Gasteiger partial charge in [-0.3, -0.25) is 0 Å². The van der Waals surface area contributed by atoms with Crippen LogP contribution in [0.1, 0.15) is 94.8 Å². The summed E-state index contributed by atoms with van der Waals surface area (Å²) in [6.07, 6.45) is 12.3. The summed E-state index contributed by atoms with van der Waals surface area (Å²) in [5.74, 6) is -6.01. The van der Waals surface area contributed by atoms with Gasteiger partial charge >= 0.3 is 5.97 Å². The first kappa shape index (κ1) is 24.3. The van der Waals surface area contributed by atoms with Gasteiger partial charge < -0.3 is 9.47 Å². The van der Waals surface area contributed by atoms with E-state index < -0.39 is 40.8 Å². The monoisotopic (exact) mass is 402 g/mol. The van der Waals surface area contributed by atoms with E-state index in [9.17, 15) is 18.0 Å². The Bertz CT molecular complexity index is 605. The van der Waals surface area contributed by atoms with Gasteiger partial charge in [0.2, 0.25) is 5.82 Å². The Labute approximate surface area is 166 Å². The molecule has 0 aromatic heterocycles. The van der Waals surface area contributed by atoms with Crippen LogP contribution < -0.4 is 4.74 Å². The highest BCUT2D eigenvalue weighted by Gasteiger charge is 2.25. The number of halogens is 3. The minimum atomic E-state index is -1.46. The summed E-state index contributed by atoms with van der Waals surface area (Å²) in [4.78, 5) is 12.1. The van der Waals surface area contributed by atoms with Crippen LogP contribution >= 0.6 is 0 Å². The molecule has 6 heteroatoms. The van der Waals surface area contributed by atoms with Crippen molar-refractivity contribution in [2.75, 3.05) is 7.11 Å². The highest BCUT2D eigenvalue weighted by atomic mass is 19.2. The third-order valence-corrected chi connectivity index (χ3v) is 4.81. The van der Waals surface area contributed by atoms with Gasteiger partial charge in [-0.2, -0.15) is 4.39 Å². The third-order valence-electron chi connectivity index (χ3n) is 4.81. The quantitative estimate of drug-likeness (QED) is 0.191. The Balaban J connectivity index is 2.30. The van der Waals surface area contributed by atoms with Crippen molar-refractivity contribution in [1.29, 1.82) is 0 Å². The SMILES string of the molecule is CCCCCCCCCCCCC(C)OC(=O)c1cc(F)c(F)c(OC)c1F. The highest BCUT2D eigenvalue weighted by molar-refractivity contribution is 5.90. The maximum absolute atomic E-state index is 14.1. The van der Waals surface area contributed by atoms with Gasteiger partial charge in [-0.05, 0) is 25.8 Å². The molecule has 0 aliphatic carbocycles. The maximum atomic E-state index is 14.1. The standard InChI is InChI=1S/C22H33F3O3/c1-4-5-6-7-8-9-10-11-12-13-14-16(2)28-22(26)17-15-18(23)20(25)21(27-3)19(17)24/h15-16H,4-14H2,1-3H3. The predicted molar refractivity (Wildman–Crippen MR) is 104 cm³/mol. The molecule has 0 amide bonds. The summed E-state index contributed by atoms with van der Waals surface area (Å²) in [7, 11) is 1.00. The van der Waals surface area contributed by atoms with Crippen molar-refractivity contribution < 1.29 is 27.4 Å². The molecule has 0 bridgehead atoms. The fourth-order valence-corrected chi connectivity index (χ4v) is 3.13. The van der Waals surface area contributed by atoms with Crippen molar-refractivity contribution in [3.63, 3.8) is 0 Å². The van der Waals surface area contributed by atoms with Crippen molar-refractivity contribution in [3.8, 4) is 5.75 Å². The lowest BCUT2D eigenvalue weighted by Gasteiger charge is -2.14. The molecule has 28 heavy (non-hydrogen) atoms. The number of methoxy groups -OCH3 is 1. The molecule has 0 aliphatic heterocycles. The van der Waals surface area contributed by atoms with Crippen LogP contribution in [-0.4, -0.2) is 19.2 Å². The van der Waals surface area contributed by atoms with Crippen LogP contribution in [0.3, 0.4) is 0 Å². The number of unbranched alkanes of at least 4 members (excludes halogenated alkanes) is 9. The largest absolute Gasteiger partial charge is 0.491 e. The minimum absolute atomic E-state index is 0.431. The number of hydrogen-bond acceptors (Lipinski definition) is 3. The maximum Gasteiger partial charge on any atom is 0.341 e. The molecule has 160 valence electrons. The van der Waals surface area contributed by atoms with Crippen molar-refractivity contribution in [2.45, 2.75) is 90.6 Å². The highest BCUT2D eigenvalue weighted by Crippen LogP contribution is 2.27. The lowest BCUT2D eigenvalue weighted by atomic mass is 10.0. The van der Waals surface area contributed by atoms with Crippen molar-refractivity contribution in [1.82, 2.24) is 0 Å². The normalized spacial score (nSPS) is 12.1. The van der Waals surface area contributed by atoms with E-state index in [2.05, 4.69) is 11.7 Å². The van der Waals surface area contributed by atoms with E-state index in [4.69, 9.17) is 4.74 Å². The molecule has 0 heterocycles. The molecular formula is C22H33F3O3. The van der Waals surface area contributed by atoms with Gasteiger partial charge in [0.15, 0.2) is 17.4 Å². The minimum Gasteiger partial charge on any atom is -0.491 e. The molecule has 0 spiro atoms. The van der Waals surface area contributed by atoms with Crippen LogP contribution in [-0.2, 0) is 4.74 Å². The first-order valence-electron chi connectivity index (χ1n) is 10.3. The summed E-state index contributed by atoms with van der Waals surface area (Å²) in [5, 5.41) is 0.